The largest absolute Gasteiger partial charge is 0.482 e. The van der Waals surface area contributed by atoms with Gasteiger partial charge in [-0.15, -0.1) is 0 Å². The second-order valence-electron chi connectivity index (χ2n) is 3.41. The predicted molar refractivity (Wildman–Crippen MR) is 61.9 cm³/mol. The minimum Gasteiger partial charge on any atom is -0.482 e. The Hall–Kier alpha value is -1.57. The Kier molecular flexibility index (Phi) is 4.10. The SMILES string of the molecule is C/C=C/c1ccccc1O[C@@H](C)C(C)=O. The second-order valence-corrected chi connectivity index (χ2v) is 3.41. The van der Waals surface area contributed by atoms with Gasteiger partial charge in [0, 0.05) is 5.56 Å². The summed E-state index contributed by atoms with van der Waals surface area (Å²) in [4.78, 5) is 11.1. The maximum absolute atomic E-state index is 11.1. The lowest BCUT2D eigenvalue weighted by molar-refractivity contribution is -0.122. The molecule has 0 aromatic heterocycles. The maximum atomic E-state index is 11.1. The second kappa shape index (κ2) is 5.35. The quantitative estimate of drug-likeness (QED) is 0.753. The van der Waals surface area contributed by atoms with Gasteiger partial charge in [-0.05, 0) is 26.8 Å². The molecule has 80 valence electrons. The van der Waals surface area contributed by atoms with Crippen molar-refractivity contribution in [1.29, 1.82) is 0 Å². The Morgan fingerprint density at radius 3 is 2.67 bits per heavy atom. The molecule has 2 heteroatoms. The Morgan fingerprint density at radius 2 is 2.07 bits per heavy atom. The average molecular weight is 204 g/mol. The van der Waals surface area contributed by atoms with Crippen molar-refractivity contribution in [2.75, 3.05) is 0 Å². The molecular formula is C13H16O2. The van der Waals surface area contributed by atoms with Crippen LogP contribution in [0, 0.1) is 0 Å². The molecule has 1 atom stereocenters. The fourth-order valence-electron chi connectivity index (χ4n) is 1.18. The van der Waals surface area contributed by atoms with Gasteiger partial charge >= 0.3 is 0 Å². The van der Waals surface area contributed by atoms with Crippen LogP contribution in [0.2, 0.25) is 0 Å². The number of benzene rings is 1. The van der Waals surface area contributed by atoms with Gasteiger partial charge in [0.1, 0.15) is 5.75 Å². The third-order valence-corrected chi connectivity index (χ3v) is 2.14. The third-order valence-electron chi connectivity index (χ3n) is 2.14. The van der Waals surface area contributed by atoms with Crippen LogP contribution >= 0.6 is 0 Å². The van der Waals surface area contributed by atoms with E-state index in [1.807, 2.05) is 43.3 Å². The number of carbonyl (C=O) groups excluding carboxylic acids is 1. The molecule has 0 amide bonds. The summed E-state index contributed by atoms with van der Waals surface area (Å²) >= 11 is 0. The van der Waals surface area contributed by atoms with Crippen molar-refractivity contribution in [1.82, 2.24) is 0 Å². The highest BCUT2D eigenvalue weighted by Crippen LogP contribution is 2.20. The molecule has 0 bridgehead atoms. The molecule has 1 aromatic rings. The lowest BCUT2D eigenvalue weighted by Crippen LogP contribution is -2.20. The highest BCUT2D eigenvalue weighted by molar-refractivity contribution is 5.80. The first-order valence-corrected chi connectivity index (χ1v) is 5.04. The minimum atomic E-state index is -0.392. The molecule has 0 saturated carbocycles. The third kappa shape index (κ3) is 3.24. The number of hydrogen-bond acceptors (Lipinski definition) is 2. The normalized spacial score (nSPS) is 12.7. The van der Waals surface area contributed by atoms with E-state index in [9.17, 15) is 4.79 Å². The number of ether oxygens (including phenoxy) is 1. The summed E-state index contributed by atoms with van der Waals surface area (Å²) in [5.74, 6) is 0.781. The molecule has 0 aliphatic rings. The molecule has 0 N–H and O–H groups in total. The van der Waals surface area contributed by atoms with Crippen LogP contribution in [0.5, 0.6) is 5.75 Å². The van der Waals surface area contributed by atoms with Crippen LogP contribution in [0.25, 0.3) is 6.08 Å². The van der Waals surface area contributed by atoms with E-state index in [0.29, 0.717) is 0 Å². The van der Waals surface area contributed by atoms with Crippen molar-refractivity contribution in [3.8, 4) is 5.75 Å². The van der Waals surface area contributed by atoms with Crippen molar-refractivity contribution in [2.24, 2.45) is 0 Å². The Labute approximate surface area is 90.6 Å². The Balaban J connectivity index is 2.88. The summed E-state index contributed by atoms with van der Waals surface area (Å²) in [6, 6.07) is 7.67. The molecule has 15 heavy (non-hydrogen) atoms. The molecule has 2 nitrogen and oxygen atoms in total. The number of hydrogen-bond donors (Lipinski definition) is 0. The van der Waals surface area contributed by atoms with Crippen molar-refractivity contribution < 1.29 is 9.53 Å². The fourth-order valence-corrected chi connectivity index (χ4v) is 1.18. The van der Waals surface area contributed by atoms with Crippen molar-refractivity contribution in [3.63, 3.8) is 0 Å². The van der Waals surface area contributed by atoms with Crippen LogP contribution in [-0.4, -0.2) is 11.9 Å². The lowest BCUT2D eigenvalue weighted by atomic mass is 10.2. The zero-order valence-electron chi connectivity index (χ0n) is 9.36. The number of para-hydroxylation sites is 1. The number of Topliss-reactive ketones (excluding diaryl/α,β-unsaturated/α-hetero) is 1. The lowest BCUT2D eigenvalue weighted by Gasteiger charge is -2.13. The van der Waals surface area contributed by atoms with E-state index >= 15 is 0 Å². The highest BCUT2D eigenvalue weighted by Gasteiger charge is 2.10. The summed E-state index contributed by atoms with van der Waals surface area (Å²) in [5, 5.41) is 0. The van der Waals surface area contributed by atoms with Crippen LogP contribution < -0.4 is 4.74 Å². The molecule has 0 unspecified atom stereocenters. The summed E-state index contributed by atoms with van der Waals surface area (Å²) < 4.78 is 5.56. The van der Waals surface area contributed by atoms with Gasteiger partial charge in [-0.1, -0.05) is 30.4 Å². The van der Waals surface area contributed by atoms with Gasteiger partial charge in [-0.2, -0.15) is 0 Å². The van der Waals surface area contributed by atoms with Gasteiger partial charge < -0.3 is 4.74 Å². The summed E-state index contributed by atoms with van der Waals surface area (Å²) in [6.45, 7) is 5.24. The zero-order valence-corrected chi connectivity index (χ0v) is 9.36. The van der Waals surface area contributed by atoms with Gasteiger partial charge in [0.15, 0.2) is 11.9 Å². The molecule has 0 spiro atoms. The van der Waals surface area contributed by atoms with Gasteiger partial charge in [-0.3, -0.25) is 4.79 Å². The van der Waals surface area contributed by atoms with Crippen LogP contribution in [-0.2, 0) is 4.79 Å². The Bertz CT molecular complexity index is 367. The molecule has 0 radical (unpaired) electrons. The first-order chi connectivity index (χ1) is 7.15. The number of ketones is 1. The number of carbonyl (C=O) groups is 1. The van der Waals surface area contributed by atoms with Crippen LogP contribution in [0.1, 0.15) is 26.3 Å². The molecular weight excluding hydrogens is 188 g/mol. The molecule has 0 aliphatic heterocycles. The molecule has 1 rings (SSSR count). The molecule has 1 aromatic carbocycles. The highest BCUT2D eigenvalue weighted by atomic mass is 16.5. The summed E-state index contributed by atoms with van der Waals surface area (Å²) in [5.41, 5.74) is 0.994. The van der Waals surface area contributed by atoms with Crippen molar-refractivity contribution in [2.45, 2.75) is 26.9 Å². The molecule has 0 fully saturated rings. The standard InChI is InChI=1S/C13H16O2/c1-4-7-12-8-5-6-9-13(12)15-11(3)10(2)14/h4-9,11H,1-3H3/b7-4+/t11-/m0/s1. The van der Waals surface area contributed by atoms with Gasteiger partial charge in [0.05, 0.1) is 0 Å². The number of rotatable bonds is 4. The van der Waals surface area contributed by atoms with E-state index in [-0.39, 0.29) is 5.78 Å². The van der Waals surface area contributed by atoms with Gasteiger partial charge in [0.2, 0.25) is 0 Å². The molecule has 0 aliphatic carbocycles. The maximum Gasteiger partial charge on any atom is 0.169 e. The average Bonchev–Trinajstić information content (AvgIpc) is 2.21. The monoisotopic (exact) mass is 204 g/mol. The first-order valence-electron chi connectivity index (χ1n) is 5.04. The smallest absolute Gasteiger partial charge is 0.169 e. The van der Waals surface area contributed by atoms with E-state index < -0.39 is 6.10 Å². The van der Waals surface area contributed by atoms with Crippen molar-refractivity contribution >= 4 is 11.9 Å². The van der Waals surface area contributed by atoms with Crippen LogP contribution in [0.4, 0.5) is 0 Å². The molecule has 0 saturated heterocycles. The molecule has 0 heterocycles. The zero-order chi connectivity index (χ0) is 11.3. The van der Waals surface area contributed by atoms with E-state index in [1.54, 1.807) is 6.92 Å². The minimum absolute atomic E-state index is 0.0327. The van der Waals surface area contributed by atoms with E-state index in [2.05, 4.69) is 0 Å². The van der Waals surface area contributed by atoms with E-state index in [1.165, 1.54) is 6.92 Å². The van der Waals surface area contributed by atoms with E-state index in [4.69, 9.17) is 4.74 Å². The van der Waals surface area contributed by atoms with Crippen LogP contribution in [0.15, 0.2) is 30.3 Å². The first kappa shape index (κ1) is 11.5. The van der Waals surface area contributed by atoms with Gasteiger partial charge in [0.25, 0.3) is 0 Å². The Morgan fingerprint density at radius 1 is 1.40 bits per heavy atom. The van der Waals surface area contributed by atoms with Gasteiger partial charge in [-0.25, -0.2) is 0 Å². The fraction of sp³-hybridized carbons (Fsp3) is 0.308. The van der Waals surface area contributed by atoms with Crippen LogP contribution in [0.3, 0.4) is 0 Å². The van der Waals surface area contributed by atoms with Crippen molar-refractivity contribution in [3.05, 3.63) is 35.9 Å². The predicted octanol–water partition coefficient (Wildman–Crippen LogP) is 3.08. The van der Waals surface area contributed by atoms with E-state index in [0.717, 1.165) is 11.3 Å². The topological polar surface area (TPSA) is 26.3 Å². The summed E-state index contributed by atoms with van der Waals surface area (Å²) in [6.07, 6.45) is 3.51. The summed E-state index contributed by atoms with van der Waals surface area (Å²) in [7, 11) is 0. The number of allylic oxidation sites excluding steroid dienone is 1.